The van der Waals surface area contributed by atoms with Gasteiger partial charge in [0, 0.05) is 57.7 Å². The lowest BCUT2D eigenvalue weighted by Gasteiger charge is -2.30. The Morgan fingerprint density at radius 3 is 1.28 bits per heavy atom. The average Bonchev–Trinajstić information content (AvgIpc) is 1.21. The van der Waals surface area contributed by atoms with Gasteiger partial charge in [0.15, 0.2) is 0 Å². The van der Waals surface area contributed by atoms with E-state index in [0.717, 1.165) is 30.5 Å². The molecule has 3 aromatic rings. The molecule has 0 unspecified atom stereocenters. The van der Waals surface area contributed by atoms with E-state index in [9.17, 15) is 142 Å². The fourth-order valence-corrected chi connectivity index (χ4v) is 13.9. The van der Waals surface area contributed by atoms with Crippen molar-refractivity contribution in [1.29, 1.82) is 0 Å². The summed E-state index contributed by atoms with van der Waals surface area (Å²) in [6, 6.07) is -4.30. The Labute approximate surface area is 764 Å². The normalized spacial score (nSPS) is 15.4. The first kappa shape index (κ1) is 111. The van der Waals surface area contributed by atoms with Gasteiger partial charge in [0.2, 0.25) is 94.5 Å². The van der Waals surface area contributed by atoms with Crippen molar-refractivity contribution in [2.24, 2.45) is 17.6 Å². The SMILES string of the molecule is CC[C@H](C)[C@H](NC(=O)[C@H](CO)NC(=O)[C@H](Cc1ccc(O)cc1)NC(=O)[C@H](CC(=O)O)NC(=O)[C@H](CO)NC(=O)[C@@H](NC(=O)[C@H](Cc1ccccc1)NC(=O)[C@@H](NC(=O)CNC(=O)[C@H](CCC(=O)O)NC(=O)CCCCC(=O)NCCN1C(=O)CSC1=O)[C@@H](C)O)[C@@H](C)O)C(=O)N[C@@H](Cc1ccc(O)cc1)C(=O)N[C@@H](CC(C)C)C(=O)N[C@@H](CC(=O)O)C(=O)N[C@H](C)CCCCN. The maximum Gasteiger partial charge on any atom is 0.305 e. The van der Waals surface area contributed by atoms with Crippen LogP contribution in [0.2, 0.25) is 0 Å². The molecule has 4 rings (SSSR count). The lowest BCUT2D eigenvalue weighted by molar-refractivity contribution is -0.142. The highest BCUT2D eigenvalue weighted by Gasteiger charge is 2.41. The van der Waals surface area contributed by atoms with E-state index in [2.05, 4.69) is 79.8 Å². The molecule has 0 radical (unpaired) electrons. The molecule has 1 aliphatic rings. The van der Waals surface area contributed by atoms with Gasteiger partial charge in [0.25, 0.3) is 5.24 Å². The monoisotopic (exact) mass is 1880 g/mol. The van der Waals surface area contributed by atoms with Gasteiger partial charge in [-0.15, -0.1) is 0 Å². The first-order chi connectivity index (χ1) is 62.4. The van der Waals surface area contributed by atoms with Crippen LogP contribution in [0.15, 0.2) is 78.9 Å². The molecule has 1 saturated heterocycles. The van der Waals surface area contributed by atoms with Crippen LogP contribution in [0, 0.1) is 11.8 Å². The number of aliphatic hydroxyl groups is 4. The number of nitrogens with two attached hydrogens (primary N) is 1. The third-order valence-electron chi connectivity index (χ3n) is 20.6. The molecular weight excluding hydrogens is 1760 g/mol. The molecule has 1 heterocycles. The number of carboxylic acids is 3. The molecule has 0 aromatic heterocycles. The van der Waals surface area contributed by atoms with Gasteiger partial charge < -0.3 is 131 Å². The maximum atomic E-state index is 14.7. The number of phenolic OH excluding ortho intramolecular Hbond substituents is 2. The molecule has 0 aliphatic carbocycles. The van der Waals surface area contributed by atoms with Crippen molar-refractivity contribution in [3.05, 3.63) is 95.6 Å². The number of amides is 17. The molecule has 0 saturated carbocycles. The first-order valence-corrected chi connectivity index (χ1v) is 43.8. The minimum Gasteiger partial charge on any atom is -0.508 e. The van der Waals surface area contributed by atoms with E-state index >= 15 is 0 Å². The summed E-state index contributed by atoms with van der Waals surface area (Å²) in [4.78, 5) is 270. The number of imide groups is 1. The molecule has 46 nitrogen and oxygen atoms in total. The number of benzene rings is 3. The summed E-state index contributed by atoms with van der Waals surface area (Å²) >= 11 is 0.838. The van der Waals surface area contributed by atoms with Crippen LogP contribution in [0.5, 0.6) is 11.5 Å². The molecule has 17 amide bonds. The number of carboxylic acid groups (broad SMARTS) is 3. The minimum absolute atomic E-state index is 0.00121. The summed E-state index contributed by atoms with van der Waals surface area (Å²) in [5.41, 5.74) is 6.48. The van der Waals surface area contributed by atoms with Gasteiger partial charge in [-0.05, 0) is 119 Å². The van der Waals surface area contributed by atoms with Crippen molar-refractivity contribution >= 4 is 129 Å². The third-order valence-corrected chi connectivity index (χ3v) is 21.5. The molecule has 132 heavy (non-hydrogen) atoms. The highest BCUT2D eigenvalue weighted by Crippen LogP contribution is 2.20. The quantitative estimate of drug-likeness (QED) is 0.0235. The maximum absolute atomic E-state index is 14.7. The van der Waals surface area contributed by atoms with Gasteiger partial charge in [-0.1, -0.05) is 107 Å². The summed E-state index contributed by atoms with van der Waals surface area (Å²) in [6.45, 7) is 7.15. The van der Waals surface area contributed by atoms with Crippen molar-refractivity contribution < 1.29 is 142 Å². The van der Waals surface area contributed by atoms with E-state index in [1.807, 2.05) is 0 Å². The lowest BCUT2D eigenvalue weighted by Crippen LogP contribution is -2.63. The predicted molar refractivity (Wildman–Crippen MR) is 469 cm³/mol. The van der Waals surface area contributed by atoms with Crippen molar-refractivity contribution in [1.82, 2.24) is 84.7 Å². The number of carbonyl (C=O) groups is 20. The second-order valence-corrected chi connectivity index (χ2v) is 33.0. The fourth-order valence-electron chi connectivity index (χ4n) is 13.1. The van der Waals surface area contributed by atoms with Crippen LogP contribution in [0.1, 0.15) is 149 Å². The van der Waals surface area contributed by atoms with E-state index in [-0.39, 0.29) is 92.7 Å². The zero-order valence-corrected chi connectivity index (χ0v) is 75.0. The number of hydrogen-bond donors (Lipinski definition) is 25. The number of nitrogens with zero attached hydrogens (tertiary/aromatic N) is 1. The number of aliphatic carboxylic acids is 3. The summed E-state index contributed by atoms with van der Waals surface area (Å²) in [5.74, 6) is -23.1. The van der Waals surface area contributed by atoms with Crippen LogP contribution in [0.4, 0.5) is 4.79 Å². The number of nitrogens with one attached hydrogen (secondary N) is 15. The second-order valence-electron chi connectivity index (χ2n) is 32.1. The summed E-state index contributed by atoms with van der Waals surface area (Å²) in [6.07, 6.45) is -6.37. The number of thioether (sulfide) groups is 1. The van der Waals surface area contributed by atoms with Crippen LogP contribution >= 0.6 is 11.8 Å². The van der Waals surface area contributed by atoms with Crippen LogP contribution < -0.4 is 85.5 Å². The van der Waals surface area contributed by atoms with Crippen LogP contribution in [-0.2, 0) is 110 Å². The number of aliphatic hydroxyl groups excluding tert-OH is 4. The van der Waals surface area contributed by atoms with Gasteiger partial charge in [0.05, 0.1) is 50.6 Å². The molecule has 0 bridgehead atoms. The summed E-state index contributed by atoms with van der Waals surface area (Å²) in [5, 5.41) is 128. The zero-order valence-electron chi connectivity index (χ0n) is 74.2. The highest BCUT2D eigenvalue weighted by atomic mass is 32.2. The van der Waals surface area contributed by atoms with E-state index in [4.69, 9.17) is 5.73 Å². The van der Waals surface area contributed by atoms with E-state index in [0.29, 0.717) is 36.9 Å². The number of hydrogen-bond acceptors (Lipinski definition) is 28. The van der Waals surface area contributed by atoms with E-state index in [1.54, 1.807) is 45.9 Å². The Balaban J connectivity index is 1.52. The van der Waals surface area contributed by atoms with Gasteiger partial charge in [0.1, 0.15) is 84.0 Å². The molecule has 3 aromatic carbocycles. The Kier molecular flexibility index (Phi) is 48.3. The highest BCUT2D eigenvalue weighted by molar-refractivity contribution is 8.14. The van der Waals surface area contributed by atoms with Crippen LogP contribution in [0.25, 0.3) is 0 Å². The molecular formula is C85H123N17O29S. The van der Waals surface area contributed by atoms with Gasteiger partial charge >= 0.3 is 17.9 Å². The molecule has 1 fully saturated rings. The lowest BCUT2D eigenvalue weighted by atomic mass is 9.96. The molecule has 26 N–H and O–H groups in total. The average molecular weight is 1880 g/mol. The van der Waals surface area contributed by atoms with Crippen molar-refractivity contribution in [2.45, 2.75) is 242 Å². The molecule has 728 valence electrons. The van der Waals surface area contributed by atoms with Gasteiger partial charge in [-0.2, -0.15) is 0 Å². The van der Waals surface area contributed by atoms with Gasteiger partial charge in [-0.3, -0.25) is 101 Å². The smallest absolute Gasteiger partial charge is 0.305 e. The molecule has 1 aliphatic heterocycles. The number of unbranched alkanes of at least 4 members (excludes halogenated alkanes) is 2. The number of phenols is 2. The minimum atomic E-state index is -2.23. The van der Waals surface area contributed by atoms with E-state index in [1.165, 1.54) is 67.6 Å². The molecule has 47 heteroatoms. The first-order valence-electron chi connectivity index (χ1n) is 42.8. The third kappa shape index (κ3) is 40.2. The summed E-state index contributed by atoms with van der Waals surface area (Å²) < 4.78 is 0. The predicted octanol–water partition coefficient (Wildman–Crippen LogP) is -5.28. The van der Waals surface area contributed by atoms with Crippen molar-refractivity contribution in [3.63, 3.8) is 0 Å². The second kappa shape index (κ2) is 57.2. The van der Waals surface area contributed by atoms with Crippen molar-refractivity contribution in [2.75, 3.05) is 45.1 Å². The standard InChI is InChI=1S/C85H123N17O29S/c1-8-45(4)70(82(128)95-57(37-51-23-27-53(108)28-24-51)76(122)91-55(34-44(2)3)75(121)93-59(38-68(115)116)74(120)89-46(5)16-14-15-31-86)100-81(127)62(42-104)97-77(123)56(36-50-21-25-52(107)26-22-50)92-78(124)60(39-69(117)118)94-80(126)61(41-103)98-84(130)72(48(7)106)101-79(125)58(35-49-17-10-9-11-18-49)96-83(129)71(47(6)105)99-65(111)40-88-73(119)54(29-30-67(113)114)90-64(110)20-13-12-19-63(109)87-32-33-102-66(112)43-132-85(102)131/h9-11,17-18,21-28,44-48,54-62,70-72,103-108H,8,12-16,19-20,29-43,86H2,1-7H3,(H,87,109)(H,88,119)(H,89,120)(H,90,110)(H,91,122)(H,92,124)(H,93,121)(H,94,126)(H,95,128)(H,96,129)(H,97,123)(H,98,130)(H,99,111)(H,100,127)(H,101,125)(H,113,114)(H,115,116)(H,117,118)/t45-,46+,47+,48+,54-,55-,56-,57-,58-,59-,60-,61-,62-,70-,71-,72-/m0/s1. The van der Waals surface area contributed by atoms with Crippen molar-refractivity contribution in [3.8, 4) is 11.5 Å². The Bertz CT molecular complexity index is 4440. The topological polar surface area (TPSA) is 733 Å². The van der Waals surface area contributed by atoms with Gasteiger partial charge in [-0.25, -0.2) is 0 Å². The van der Waals surface area contributed by atoms with Crippen LogP contribution in [-0.4, -0.2) is 304 Å². The molecule has 0 spiro atoms. The Hall–Kier alpha value is -13.0. The summed E-state index contributed by atoms with van der Waals surface area (Å²) in [7, 11) is 0. The Morgan fingerprint density at radius 2 is 0.818 bits per heavy atom. The van der Waals surface area contributed by atoms with E-state index < -0.39 is 267 Å². The number of carbonyl (C=O) groups excluding carboxylic acids is 17. The van der Waals surface area contributed by atoms with Crippen LogP contribution in [0.3, 0.4) is 0 Å². The largest absolute Gasteiger partial charge is 0.508 e. The Morgan fingerprint density at radius 1 is 0.409 bits per heavy atom. The molecule has 16 atom stereocenters. The number of aromatic hydroxyl groups is 2. The number of rotatable bonds is 60. The zero-order chi connectivity index (χ0) is 98.6. The fraction of sp³-hybridized carbons (Fsp3) is 0.553.